The van der Waals surface area contributed by atoms with E-state index in [-0.39, 0.29) is 11.7 Å². The van der Waals surface area contributed by atoms with Crippen molar-refractivity contribution in [2.45, 2.75) is 26.4 Å². The second-order valence-corrected chi connectivity index (χ2v) is 5.55. The molecule has 0 amide bonds. The molecule has 0 aliphatic heterocycles. The Morgan fingerprint density at radius 2 is 1.88 bits per heavy atom. The minimum absolute atomic E-state index is 0.109. The second-order valence-electron chi connectivity index (χ2n) is 3.93. The molecule has 0 spiro atoms. The topological polar surface area (TPSA) is 54.4 Å². The van der Waals surface area contributed by atoms with Gasteiger partial charge >= 0.3 is 12.1 Å². The van der Waals surface area contributed by atoms with E-state index >= 15 is 0 Å². The molecule has 0 aliphatic carbocycles. The van der Waals surface area contributed by atoms with Crippen molar-refractivity contribution in [1.29, 1.82) is 0 Å². The van der Waals surface area contributed by atoms with Gasteiger partial charge in [0.25, 0.3) is 0 Å². The number of carboxylic acids is 1. The lowest BCUT2D eigenvalue weighted by atomic mass is 10.2. The summed E-state index contributed by atoms with van der Waals surface area (Å²) < 4.78 is 47.9. The first kappa shape index (κ1) is 15.4. The van der Waals surface area contributed by atoms with Crippen LogP contribution in [0.1, 0.15) is 20.3 Å². The summed E-state index contributed by atoms with van der Waals surface area (Å²) in [5, 5.41) is 8.38. The lowest BCUT2D eigenvalue weighted by Crippen LogP contribution is -2.35. The zero-order chi connectivity index (χ0) is 12.9. The van der Waals surface area contributed by atoms with Crippen LogP contribution in [0.2, 0.25) is 0 Å². The van der Waals surface area contributed by atoms with Gasteiger partial charge in [-0.3, -0.25) is 9.00 Å². The van der Waals surface area contributed by atoms with Gasteiger partial charge in [-0.2, -0.15) is 13.2 Å². The van der Waals surface area contributed by atoms with Crippen molar-refractivity contribution in [3.63, 3.8) is 0 Å². The van der Waals surface area contributed by atoms with E-state index in [0.29, 0.717) is 6.42 Å². The van der Waals surface area contributed by atoms with E-state index in [0.717, 1.165) is 0 Å². The Kier molecular flexibility index (Phi) is 5.99. The van der Waals surface area contributed by atoms with Gasteiger partial charge in [0.2, 0.25) is 0 Å². The normalized spacial score (nSPS) is 16.1. The van der Waals surface area contributed by atoms with Crippen molar-refractivity contribution in [1.82, 2.24) is 0 Å². The Balaban J connectivity index is 4.32. The fourth-order valence-corrected chi connectivity index (χ4v) is 2.55. The average molecular weight is 260 g/mol. The van der Waals surface area contributed by atoms with Crippen molar-refractivity contribution in [3.8, 4) is 0 Å². The molecule has 0 fully saturated rings. The summed E-state index contributed by atoms with van der Waals surface area (Å²) >= 11 is 0. The van der Waals surface area contributed by atoms with Crippen LogP contribution in [0.15, 0.2) is 0 Å². The standard InChI is InChI=1S/C9H15F3O3S/c1-6(2)3-4-16(15)5-7(8(13)14)9(10,11)12/h6-7H,3-5H2,1-2H3,(H,13,14). The number of rotatable bonds is 6. The molecule has 0 saturated heterocycles. The fraction of sp³-hybridized carbons (Fsp3) is 0.889. The van der Waals surface area contributed by atoms with Crippen LogP contribution in [0.3, 0.4) is 0 Å². The minimum atomic E-state index is -4.83. The van der Waals surface area contributed by atoms with E-state index in [9.17, 15) is 22.2 Å². The predicted molar refractivity (Wildman–Crippen MR) is 54.5 cm³/mol. The fourth-order valence-electron chi connectivity index (χ4n) is 0.942. The third kappa shape index (κ3) is 6.09. The highest BCUT2D eigenvalue weighted by molar-refractivity contribution is 7.85. The van der Waals surface area contributed by atoms with Gasteiger partial charge in [-0.1, -0.05) is 13.8 Å². The van der Waals surface area contributed by atoms with E-state index in [4.69, 9.17) is 5.11 Å². The van der Waals surface area contributed by atoms with Crippen molar-refractivity contribution in [2.75, 3.05) is 11.5 Å². The molecule has 0 saturated carbocycles. The van der Waals surface area contributed by atoms with Crippen molar-refractivity contribution >= 4 is 16.8 Å². The van der Waals surface area contributed by atoms with Gasteiger partial charge in [-0.15, -0.1) is 0 Å². The maximum absolute atomic E-state index is 12.2. The Morgan fingerprint density at radius 1 is 1.38 bits per heavy atom. The molecule has 0 bridgehead atoms. The van der Waals surface area contributed by atoms with Gasteiger partial charge in [0.15, 0.2) is 5.92 Å². The summed E-state index contributed by atoms with van der Waals surface area (Å²) in [7, 11) is -1.74. The summed E-state index contributed by atoms with van der Waals surface area (Å²) in [6, 6.07) is 0. The first-order valence-electron chi connectivity index (χ1n) is 4.79. The number of carbonyl (C=O) groups is 1. The highest BCUT2D eigenvalue weighted by Crippen LogP contribution is 2.27. The highest BCUT2D eigenvalue weighted by Gasteiger charge is 2.45. The van der Waals surface area contributed by atoms with E-state index in [1.807, 2.05) is 13.8 Å². The van der Waals surface area contributed by atoms with Gasteiger partial charge in [0.05, 0.1) is 0 Å². The molecule has 7 heteroatoms. The van der Waals surface area contributed by atoms with Crippen LogP contribution < -0.4 is 0 Å². The maximum Gasteiger partial charge on any atom is 0.403 e. The van der Waals surface area contributed by atoms with Crippen LogP contribution in [0.25, 0.3) is 0 Å². The van der Waals surface area contributed by atoms with Gasteiger partial charge < -0.3 is 5.11 Å². The van der Waals surface area contributed by atoms with Gasteiger partial charge in [-0.25, -0.2) is 0 Å². The first-order valence-corrected chi connectivity index (χ1v) is 6.28. The lowest BCUT2D eigenvalue weighted by molar-refractivity contribution is -0.188. The Labute approximate surface area is 94.5 Å². The molecule has 3 nitrogen and oxygen atoms in total. The van der Waals surface area contributed by atoms with Crippen LogP contribution in [0, 0.1) is 11.8 Å². The van der Waals surface area contributed by atoms with Crippen LogP contribution in [-0.2, 0) is 15.6 Å². The second kappa shape index (κ2) is 6.22. The molecule has 1 N–H and O–H groups in total. The minimum Gasteiger partial charge on any atom is -0.481 e. The molecular formula is C9H15F3O3S. The summed E-state index contributed by atoms with van der Waals surface area (Å²) in [5.41, 5.74) is 0. The zero-order valence-electron chi connectivity index (χ0n) is 9.08. The lowest BCUT2D eigenvalue weighted by Gasteiger charge is -2.15. The molecule has 0 aromatic carbocycles. The van der Waals surface area contributed by atoms with E-state index in [1.54, 1.807) is 0 Å². The summed E-state index contributed by atoms with van der Waals surface area (Å²) in [6.07, 6.45) is -4.31. The smallest absolute Gasteiger partial charge is 0.403 e. The molecule has 0 aromatic rings. The number of hydrogen-bond acceptors (Lipinski definition) is 2. The molecule has 96 valence electrons. The molecule has 16 heavy (non-hydrogen) atoms. The van der Waals surface area contributed by atoms with Crippen LogP contribution in [-0.4, -0.2) is 33.0 Å². The molecule has 0 heterocycles. The number of aliphatic carboxylic acids is 1. The van der Waals surface area contributed by atoms with Gasteiger partial charge in [-0.05, 0) is 12.3 Å². The third-order valence-corrected chi connectivity index (χ3v) is 3.36. The van der Waals surface area contributed by atoms with Crippen LogP contribution in [0.5, 0.6) is 0 Å². The van der Waals surface area contributed by atoms with Crippen molar-refractivity contribution in [3.05, 3.63) is 0 Å². The molecule has 0 aliphatic rings. The summed E-state index contributed by atoms with van der Waals surface area (Å²) in [6.45, 7) is 3.71. The molecular weight excluding hydrogens is 245 g/mol. The van der Waals surface area contributed by atoms with Crippen molar-refractivity contribution in [2.24, 2.45) is 11.8 Å². The number of alkyl halides is 3. The summed E-state index contributed by atoms with van der Waals surface area (Å²) in [5.74, 6) is -5.01. The molecule has 0 aromatic heterocycles. The molecule has 2 unspecified atom stereocenters. The van der Waals surface area contributed by atoms with E-state index in [2.05, 4.69) is 0 Å². The maximum atomic E-state index is 12.2. The van der Waals surface area contributed by atoms with E-state index < -0.39 is 34.6 Å². The van der Waals surface area contributed by atoms with Crippen LogP contribution in [0.4, 0.5) is 13.2 Å². The van der Waals surface area contributed by atoms with E-state index in [1.165, 1.54) is 0 Å². The number of carboxylic acid groups (broad SMARTS) is 1. The summed E-state index contributed by atoms with van der Waals surface area (Å²) in [4.78, 5) is 10.4. The van der Waals surface area contributed by atoms with Gasteiger partial charge in [0.1, 0.15) is 0 Å². The zero-order valence-corrected chi connectivity index (χ0v) is 9.90. The van der Waals surface area contributed by atoms with Gasteiger partial charge in [0, 0.05) is 22.3 Å². The quantitative estimate of drug-likeness (QED) is 0.795. The predicted octanol–water partition coefficient (Wildman–Crippen LogP) is 2.04. The molecule has 0 rings (SSSR count). The SMILES string of the molecule is CC(C)CCS(=O)CC(C(=O)O)C(F)(F)F. The van der Waals surface area contributed by atoms with Crippen LogP contribution >= 0.6 is 0 Å². The Morgan fingerprint density at radius 3 is 2.19 bits per heavy atom. The largest absolute Gasteiger partial charge is 0.481 e. The average Bonchev–Trinajstić information content (AvgIpc) is 2.08. The molecule has 2 atom stereocenters. The Hall–Kier alpha value is -0.590. The van der Waals surface area contributed by atoms with Crippen molar-refractivity contribution < 1.29 is 27.3 Å². The Bertz CT molecular complexity index is 263. The monoisotopic (exact) mass is 260 g/mol. The first-order chi connectivity index (χ1) is 7.14. The highest BCUT2D eigenvalue weighted by atomic mass is 32.2. The third-order valence-electron chi connectivity index (χ3n) is 1.97. The molecule has 0 radical (unpaired) electrons. The number of halogens is 3. The number of hydrogen-bond donors (Lipinski definition) is 1.